The zero-order valence-corrected chi connectivity index (χ0v) is 18.6. The lowest BCUT2D eigenvalue weighted by Crippen LogP contribution is -2.53. The lowest BCUT2D eigenvalue weighted by Gasteiger charge is -2.32. The van der Waals surface area contributed by atoms with Crippen LogP contribution in [-0.4, -0.2) is 47.2 Å². The van der Waals surface area contributed by atoms with Gasteiger partial charge in [0.1, 0.15) is 6.61 Å². The summed E-state index contributed by atoms with van der Waals surface area (Å²) in [6.45, 7) is 0.143. The maximum Gasteiger partial charge on any atom is 0.305 e. The number of ether oxygens (including phenoxy) is 1. The molecule has 0 radical (unpaired) electrons. The van der Waals surface area contributed by atoms with Crippen molar-refractivity contribution in [3.63, 3.8) is 0 Å². The zero-order chi connectivity index (χ0) is 22.2. The highest BCUT2D eigenvalue weighted by molar-refractivity contribution is 5.86. The van der Waals surface area contributed by atoms with Crippen LogP contribution in [0.3, 0.4) is 0 Å². The summed E-state index contributed by atoms with van der Waals surface area (Å²) in [6.07, 6.45) is 14.6. The Hall–Kier alpha value is -1.89. The Balaban J connectivity index is 1.69. The van der Waals surface area contributed by atoms with Crippen molar-refractivity contribution >= 4 is 17.8 Å². The van der Waals surface area contributed by atoms with E-state index in [0.717, 1.165) is 70.6 Å². The lowest BCUT2D eigenvalue weighted by atomic mass is 9.93. The van der Waals surface area contributed by atoms with Gasteiger partial charge in [0.05, 0.1) is 23.6 Å². The first-order valence-corrected chi connectivity index (χ1v) is 12.0. The highest BCUT2D eigenvalue weighted by atomic mass is 16.5. The molecule has 3 aliphatic rings. The van der Waals surface area contributed by atoms with Crippen molar-refractivity contribution in [3.8, 4) is 0 Å². The summed E-state index contributed by atoms with van der Waals surface area (Å²) in [5.41, 5.74) is -1.06. The molecule has 2 aliphatic carbocycles. The van der Waals surface area contributed by atoms with Crippen LogP contribution < -0.4 is 10.6 Å². The summed E-state index contributed by atoms with van der Waals surface area (Å²) >= 11 is 0. The Morgan fingerprint density at radius 3 is 2.48 bits per heavy atom. The molecule has 7 heteroatoms. The van der Waals surface area contributed by atoms with Crippen molar-refractivity contribution in [2.24, 2.45) is 5.92 Å². The van der Waals surface area contributed by atoms with E-state index in [1.165, 1.54) is 0 Å². The van der Waals surface area contributed by atoms with E-state index >= 15 is 0 Å². The van der Waals surface area contributed by atoms with E-state index < -0.39 is 17.0 Å². The third kappa shape index (κ3) is 6.79. The molecule has 0 aromatic heterocycles. The zero-order valence-electron chi connectivity index (χ0n) is 18.6. The highest BCUT2D eigenvalue weighted by Crippen LogP contribution is 2.32. The monoisotopic (exact) mass is 434 g/mol. The third-order valence-electron chi connectivity index (χ3n) is 7.12. The Labute approximate surface area is 185 Å². The quantitative estimate of drug-likeness (QED) is 0.466. The van der Waals surface area contributed by atoms with Gasteiger partial charge in [-0.15, -0.1) is 0 Å². The molecule has 1 aliphatic heterocycles. The molecule has 0 bridgehead atoms. The van der Waals surface area contributed by atoms with Crippen LogP contribution in [0.4, 0.5) is 0 Å². The number of aliphatic hydroxyl groups excluding tert-OH is 1. The van der Waals surface area contributed by atoms with Crippen LogP contribution in [0.2, 0.25) is 0 Å². The second-order valence-corrected chi connectivity index (χ2v) is 9.69. The van der Waals surface area contributed by atoms with Crippen LogP contribution in [0.5, 0.6) is 0 Å². The fourth-order valence-corrected chi connectivity index (χ4v) is 5.15. The number of cyclic esters (lactones) is 1. The van der Waals surface area contributed by atoms with Crippen molar-refractivity contribution in [3.05, 3.63) is 12.2 Å². The summed E-state index contributed by atoms with van der Waals surface area (Å²) in [7, 11) is 0. The van der Waals surface area contributed by atoms with E-state index in [0.29, 0.717) is 12.8 Å². The molecule has 0 saturated heterocycles. The summed E-state index contributed by atoms with van der Waals surface area (Å²) in [6, 6.07) is 0. The minimum atomic E-state index is -0.536. The molecule has 2 amide bonds. The second kappa shape index (κ2) is 11.1. The number of hydrogen-bond donors (Lipinski definition) is 3. The standard InChI is InChI=1S/C24H38N2O5/c27-17-23(12-6-7-13-23)25-20(28)16-19-10-4-2-1-3-5-11-21(29)31-18-24(26-22(19)30)14-8-9-15-24/h2,4,19,27H,1,3,5-18H2,(H,25,28)(H,26,30). The maximum atomic E-state index is 13.2. The summed E-state index contributed by atoms with van der Waals surface area (Å²) in [4.78, 5) is 38.1. The Bertz CT molecular complexity index is 663. The van der Waals surface area contributed by atoms with Crippen LogP contribution in [0.1, 0.15) is 89.9 Å². The number of rotatable bonds is 4. The molecule has 1 heterocycles. The van der Waals surface area contributed by atoms with E-state index in [2.05, 4.69) is 10.6 Å². The molecular weight excluding hydrogens is 396 g/mol. The van der Waals surface area contributed by atoms with Gasteiger partial charge in [0.25, 0.3) is 0 Å². The van der Waals surface area contributed by atoms with Gasteiger partial charge >= 0.3 is 5.97 Å². The van der Waals surface area contributed by atoms with Crippen molar-refractivity contribution < 1.29 is 24.2 Å². The number of carbonyl (C=O) groups is 3. The summed E-state index contributed by atoms with van der Waals surface area (Å²) in [5, 5.41) is 16.0. The van der Waals surface area contributed by atoms with Gasteiger partial charge in [0, 0.05) is 12.8 Å². The Kier molecular flexibility index (Phi) is 8.52. The molecule has 1 atom stereocenters. The normalized spacial score (nSPS) is 26.8. The molecule has 1 spiro atoms. The van der Waals surface area contributed by atoms with Crippen molar-refractivity contribution in [1.29, 1.82) is 0 Å². The molecule has 0 aromatic rings. The minimum absolute atomic E-state index is 0.0655. The van der Waals surface area contributed by atoms with Crippen molar-refractivity contribution in [2.45, 2.75) is 101 Å². The molecule has 3 rings (SSSR count). The van der Waals surface area contributed by atoms with E-state index in [4.69, 9.17) is 4.74 Å². The van der Waals surface area contributed by atoms with Gasteiger partial charge < -0.3 is 20.5 Å². The topological polar surface area (TPSA) is 105 Å². The molecule has 31 heavy (non-hydrogen) atoms. The molecular formula is C24H38N2O5. The lowest BCUT2D eigenvalue weighted by molar-refractivity contribution is -0.147. The fraction of sp³-hybridized carbons (Fsp3) is 0.792. The van der Waals surface area contributed by atoms with Gasteiger partial charge in [-0.25, -0.2) is 0 Å². The molecule has 0 aromatic carbocycles. The van der Waals surface area contributed by atoms with Gasteiger partial charge in [-0.2, -0.15) is 0 Å². The van der Waals surface area contributed by atoms with Crippen LogP contribution >= 0.6 is 0 Å². The molecule has 7 nitrogen and oxygen atoms in total. The van der Waals surface area contributed by atoms with Gasteiger partial charge in [-0.05, 0) is 51.4 Å². The van der Waals surface area contributed by atoms with Gasteiger partial charge in [-0.1, -0.05) is 37.8 Å². The maximum absolute atomic E-state index is 13.2. The van der Waals surface area contributed by atoms with Crippen LogP contribution in [0.25, 0.3) is 0 Å². The van der Waals surface area contributed by atoms with Gasteiger partial charge in [-0.3, -0.25) is 14.4 Å². The number of allylic oxidation sites excluding steroid dienone is 2. The molecule has 174 valence electrons. The highest BCUT2D eigenvalue weighted by Gasteiger charge is 2.39. The number of nitrogens with one attached hydrogen (secondary N) is 2. The number of carbonyl (C=O) groups excluding carboxylic acids is 3. The first-order valence-electron chi connectivity index (χ1n) is 12.0. The average molecular weight is 435 g/mol. The smallest absolute Gasteiger partial charge is 0.305 e. The predicted molar refractivity (Wildman–Crippen MR) is 117 cm³/mol. The van der Waals surface area contributed by atoms with Crippen LogP contribution in [0.15, 0.2) is 12.2 Å². The second-order valence-electron chi connectivity index (χ2n) is 9.69. The first-order chi connectivity index (χ1) is 15.0. The summed E-state index contributed by atoms with van der Waals surface area (Å²) in [5.74, 6) is -1.02. The predicted octanol–water partition coefficient (Wildman–Crippen LogP) is 2.91. The van der Waals surface area contributed by atoms with E-state index in [9.17, 15) is 19.5 Å². The molecule has 2 saturated carbocycles. The molecule has 3 N–H and O–H groups in total. The number of hydrogen-bond acceptors (Lipinski definition) is 5. The first kappa shape index (κ1) is 23.8. The number of esters is 1. The average Bonchev–Trinajstić information content (AvgIpc) is 3.40. The molecule has 2 fully saturated rings. The van der Waals surface area contributed by atoms with Crippen molar-refractivity contribution in [2.75, 3.05) is 13.2 Å². The van der Waals surface area contributed by atoms with Crippen LogP contribution in [-0.2, 0) is 19.1 Å². The molecule has 1 unspecified atom stereocenters. The Morgan fingerprint density at radius 2 is 1.77 bits per heavy atom. The fourth-order valence-electron chi connectivity index (χ4n) is 5.15. The van der Waals surface area contributed by atoms with E-state index in [-0.39, 0.29) is 37.4 Å². The SMILES string of the molecule is O=C(CC1CC=CCCCCC(=O)OCC2(CCCC2)NC1=O)NC1(CO)CCCC1. The van der Waals surface area contributed by atoms with E-state index in [1.54, 1.807) is 0 Å². The van der Waals surface area contributed by atoms with Gasteiger partial charge in [0.15, 0.2) is 0 Å². The van der Waals surface area contributed by atoms with E-state index in [1.807, 2.05) is 12.2 Å². The summed E-state index contributed by atoms with van der Waals surface area (Å²) < 4.78 is 5.53. The Morgan fingerprint density at radius 1 is 1.06 bits per heavy atom. The number of amides is 2. The van der Waals surface area contributed by atoms with Crippen LogP contribution in [0, 0.1) is 5.92 Å². The largest absolute Gasteiger partial charge is 0.463 e. The van der Waals surface area contributed by atoms with Crippen molar-refractivity contribution in [1.82, 2.24) is 10.6 Å². The number of aliphatic hydroxyl groups is 1. The minimum Gasteiger partial charge on any atom is -0.463 e. The third-order valence-corrected chi connectivity index (χ3v) is 7.12. The van der Waals surface area contributed by atoms with Gasteiger partial charge in [0.2, 0.25) is 11.8 Å².